The van der Waals surface area contributed by atoms with Crippen LogP contribution in [0.3, 0.4) is 0 Å². The van der Waals surface area contributed by atoms with Gasteiger partial charge in [0.15, 0.2) is 0 Å². The van der Waals surface area contributed by atoms with Crippen LogP contribution in [0.5, 0.6) is 0 Å². The fraction of sp³-hybridized carbons (Fsp3) is 0.0370. The minimum atomic E-state index is -0.575. The molecular formula is C54H35NS. The van der Waals surface area contributed by atoms with E-state index < -0.39 is 5.41 Å². The van der Waals surface area contributed by atoms with Gasteiger partial charge in [-0.2, -0.15) is 0 Å². The Kier molecular flexibility index (Phi) is 6.70. The van der Waals surface area contributed by atoms with Gasteiger partial charge in [-0.05, 0) is 110 Å². The first-order valence-electron chi connectivity index (χ1n) is 19.4. The molecule has 1 atom stereocenters. The molecule has 0 bridgehead atoms. The lowest BCUT2D eigenvalue weighted by Crippen LogP contribution is -2.33. The molecule has 0 fully saturated rings. The zero-order chi connectivity index (χ0) is 37.0. The zero-order valence-electron chi connectivity index (χ0n) is 30.8. The molecular weight excluding hydrogens is 695 g/mol. The molecule has 1 heterocycles. The Bertz CT molecular complexity index is 3210. The fourth-order valence-corrected chi connectivity index (χ4v) is 11.3. The van der Waals surface area contributed by atoms with Crippen LogP contribution in [0.2, 0.25) is 0 Å². The second kappa shape index (κ2) is 11.9. The second-order valence-corrected chi connectivity index (χ2v) is 16.3. The maximum absolute atomic E-state index is 2.53. The van der Waals surface area contributed by atoms with Gasteiger partial charge in [-0.25, -0.2) is 0 Å². The lowest BCUT2D eigenvalue weighted by molar-refractivity contribution is 0.774. The molecule has 0 N–H and O–H groups in total. The van der Waals surface area contributed by atoms with Gasteiger partial charge in [0, 0.05) is 26.8 Å². The number of para-hydroxylation sites is 1. The molecule has 1 spiro atoms. The Balaban J connectivity index is 1.23. The van der Waals surface area contributed by atoms with Crippen molar-refractivity contribution in [2.75, 3.05) is 4.90 Å². The van der Waals surface area contributed by atoms with Gasteiger partial charge in [-0.15, -0.1) is 11.3 Å². The second-order valence-electron chi connectivity index (χ2n) is 15.3. The highest BCUT2D eigenvalue weighted by molar-refractivity contribution is 7.26. The molecule has 1 nitrogen and oxygen atoms in total. The molecule has 262 valence electrons. The van der Waals surface area contributed by atoms with E-state index in [-0.39, 0.29) is 0 Å². The smallest absolute Gasteiger partial charge is 0.0732 e. The van der Waals surface area contributed by atoms with E-state index in [1.165, 1.54) is 97.8 Å². The molecule has 0 amide bonds. The van der Waals surface area contributed by atoms with E-state index in [4.69, 9.17) is 0 Å². The van der Waals surface area contributed by atoms with Crippen LogP contribution in [0.1, 0.15) is 27.8 Å². The summed E-state index contributed by atoms with van der Waals surface area (Å²) >= 11 is 1.88. The van der Waals surface area contributed by atoms with Crippen molar-refractivity contribution in [1.82, 2.24) is 0 Å². The van der Waals surface area contributed by atoms with Crippen LogP contribution in [0.15, 0.2) is 194 Å². The van der Waals surface area contributed by atoms with Gasteiger partial charge in [0.05, 0.1) is 15.8 Å². The standard InChI is InChI=1S/C54H35NS/c1-34-26-29-42-44-21-12-16-36-27-30-39(35-14-4-2-5-15-35)52(51(36)44)54(47(42)32-34)46-23-10-8-19-40(46)41-31-28-38(33-48(41)54)55(37-17-6-3-7-18-37)49-24-13-22-45-43-20-9-11-25-50(43)56-53(45)49/h2-33H,1H3. The van der Waals surface area contributed by atoms with Crippen molar-refractivity contribution in [2.24, 2.45) is 0 Å². The third-order valence-corrected chi connectivity index (χ3v) is 13.5. The van der Waals surface area contributed by atoms with Crippen molar-refractivity contribution in [3.63, 3.8) is 0 Å². The van der Waals surface area contributed by atoms with Crippen molar-refractivity contribution in [1.29, 1.82) is 0 Å². The van der Waals surface area contributed by atoms with E-state index in [1.54, 1.807) is 0 Å². The first-order chi connectivity index (χ1) is 27.7. The summed E-state index contributed by atoms with van der Waals surface area (Å²) in [5.74, 6) is 0. The zero-order valence-corrected chi connectivity index (χ0v) is 31.6. The van der Waals surface area contributed by atoms with Gasteiger partial charge in [0.2, 0.25) is 0 Å². The monoisotopic (exact) mass is 729 g/mol. The van der Waals surface area contributed by atoms with Crippen molar-refractivity contribution < 1.29 is 0 Å². The number of fused-ring (bicyclic) bond motifs is 12. The summed E-state index contributed by atoms with van der Waals surface area (Å²) in [4.78, 5) is 2.49. The number of rotatable bonds is 4. The predicted molar refractivity (Wildman–Crippen MR) is 238 cm³/mol. The van der Waals surface area contributed by atoms with E-state index in [1.807, 2.05) is 11.3 Å². The van der Waals surface area contributed by atoms with Gasteiger partial charge < -0.3 is 4.90 Å². The highest BCUT2D eigenvalue weighted by atomic mass is 32.1. The largest absolute Gasteiger partial charge is 0.309 e. The van der Waals surface area contributed by atoms with Crippen LogP contribution in [-0.4, -0.2) is 0 Å². The quantitative estimate of drug-likeness (QED) is 0.174. The molecule has 2 aliphatic rings. The molecule has 0 saturated heterocycles. The molecule has 1 aromatic heterocycles. The molecule has 2 aliphatic carbocycles. The number of nitrogens with zero attached hydrogens (tertiary/aromatic N) is 1. The minimum absolute atomic E-state index is 0.575. The average Bonchev–Trinajstić information content (AvgIpc) is 3.78. The molecule has 12 rings (SSSR count). The molecule has 0 aliphatic heterocycles. The molecule has 10 aromatic rings. The maximum atomic E-state index is 2.53. The van der Waals surface area contributed by atoms with Gasteiger partial charge in [-0.1, -0.05) is 163 Å². The number of hydrogen-bond donors (Lipinski definition) is 0. The van der Waals surface area contributed by atoms with E-state index in [0.29, 0.717) is 0 Å². The van der Waals surface area contributed by atoms with Crippen molar-refractivity contribution in [3.8, 4) is 33.4 Å². The number of benzene rings is 9. The Morgan fingerprint density at radius 1 is 0.446 bits per heavy atom. The van der Waals surface area contributed by atoms with Crippen LogP contribution >= 0.6 is 11.3 Å². The third kappa shape index (κ3) is 4.25. The lowest BCUT2D eigenvalue weighted by atomic mass is 9.59. The van der Waals surface area contributed by atoms with Gasteiger partial charge in [0.1, 0.15) is 0 Å². The number of anilines is 3. The molecule has 56 heavy (non-hydrogen) atoms. The summed E-state index contributed by atoms with van der Waals surface area (Å²) in [5.41, 5.74) is 17.3. The molecule has 0 radical (unpaired) electrons. The number of hydrogen-bond acceptors (Lipinski definition) is 2. The Morgan fingerprint density at radius 2 is 1.11 bits per heavy atom. The van der Waals surface area contributed by atoms with Crippen LogP contribution < -0.4 is 4.90 Å². The topological polar surface area (TPSA) is 3.24 Å². The first kappa shape index (κ1) is 31.6. The van der Waals surface area contributed by atoms with Crippen LogP contribution in [0.25, 0.3) is 64.3 Å². The molecule has 2 heteroatoms. The van der Waals surface area contributed by atoms with E-state index in [9.17, 15) is 0 Å². The molecule has 9 aromatic carbocycles. The Labute approximate surface area is 330 Å². The van der Waals surface area contributed by atoms with Crippen molar-refractivity contribution in [2.45, 2.75) is 12.3 Å². The summed E-state index contributed by atoms with van der Waals surface area (Å²) in [6.45, 7) is 2.24. The lowest BCUT2D eigenvalue weighted by Gasteiger charge is -2.42. The van der Waals surface area contributed by atoms with Crippen LogP contribution in [0, 0.1) is 6.92 Å². The maximum Gasteiger partial charge on any atom is 0.0732 e. The van der Waals surface area contributed by atoms with Gasteiger partial charge >= 0.3 is 0 Å². The predicted octanol–water partition coefficient (Wildman–Crippen LogP) is 15.0. The average molecular weight is 730 g/mol. The third-order valence-electron chi connectivity index (χ3n) is 12.3. The summed E-state index contributed by atoms with van der Waals surface area (Å²) in [7, 11) is 0. The van der Waals surface area contributed by atoms with Gasteiger partial charge in [-0.3, -0.25) is 0 Å². The molecule has 0 saturated carbocycles. The first-order valence-corrected chi connectivity index (χ1v) is 20.2. The Hall–Kier alpha value is -6.74. The number of thiophene rings is 1. The summed E-state index contributed by atoms with van der Waals surface area (Å²) in [6, 6.07) is 72.7. The van der Waals surface area contributed by atoms with Crippen molar-refractivity contribution in [3.05, 3.63) is 222 Å². The normalized spacial score (nSPS) is 14.9. The van der Waals surface area contributed by atoms with E-state index >= 15 is 0 Å². The van der Waals surface area contributed by atoms with Crippen molar-refractivity contribution >= 4 is 59.3 Å². The number of aryl methyl sites for hydroxylation is 1. The van der Waals surface area contributed by atoms with Crippen LogP contribution in [-0.2, 0) is 5.41 Å². The summed E-state index contributed by atoms with van der Waals surface area (Å²) in [6.07, 6.45) is 0. The van der Waals surface area contributed by atoms with E-state index in [0.717, 1.165) is 11.4 Å². The Morgan fingerprint density at radius 3 is 2.00 bits per heavy atom. The minimum Gasteiger partial charge on any atom is -0.309 e. The fourth-order valence-electron chi connectivity index (χ4n) is 10.1. The SMILES string of the molecule is Cc1ccc2c(c1)C1(c3ccccc3-c3ccc(N(c4ccccc4)c4cccc5c4sc4ccccc45)cc31)c1c(-c3ccccc3)ccc3cccc-2c13. The summed E-state index contributed by atoms with van der Waals surface area (Å²) in [5, 5.41) is 5.21. The van der Waals surface area contributed by atoms with E-state index in [2.05, 4.69) is 206 Å². The highest BCUT2D eigenvalue weighted by Crippen LogP contribution is 2.64. The molecule has 1 unspecified atom stereocenters. The summed E-state index contributed by atoms with van der Waals surface area (Å²) < 4.78 is 2.60. The van der Waals surface area contributed by atoms with Gasteiger partial charge in [0.25, 0.3) is 0 Å². The highest BCUT2D eigenvalue weighted by Gasteiger charge is 2.51. The van der Waals surface area contributed by atoms with Crippen LogP contribution in [0.4, 0.5) is 17.1 Å².